The predicted octanol–water partition coefficient (Wildman–Crippen LogP) is 5.46. The molecule has 1 aromatic heterocycles. The average molecular weight is 448 g/mol. The van der Waals surface area contributed by atoms with Gasteiger partial charge >= 0.3 is 6.09 Å². The van der Waals surface area contributed by atoms with E-state index in [1.807, 2.05) is 39.0 Å². The van der Waals surface area contributed by atoms with Gasteiger partial charge in [-0.1, -0.05) is 24.3 Å². The minimum atomic E-state index is -0.352. The highest BCUT2D eigenvalue weighted by Crippen LogP contribution is 2.33. The molecule has 6 heteroatoms. The van der Waals surface area contributed by atoms with Gasteiger partial charge in [0.25, 0.3) is 0 Å². The first-order chi connectivity index (χ1) is 15.8. The molecule has 0 unspecified atom stereocenters. The van der Waals surface area contributed by atoms with Crippen molar-refractivity contribution >= 4 is 22.6 Å². The summed E-state index contributed by atoms with van der Waals surface area (Å²) in [5.74, 6) is 0.860. The van der Waals surface area contributed by atoms with Gasteiger partial charge in [-0.25, -0.2) is 4.79 Å². The van der Waals surface area contributed by atoms with Crippen LogP contribution < -0.4 is 10.1 Å². The van der Waals surface area contributed by atoms with E-state index < -0.39 is 0 Å². The molecule has 1 aliphatic heterocycles. The van der Waals surface area contributed by atoms with Gasteiger partial charge in [0.1, 0.15) is 5.75 Å². The second-order valence-corrected chi connectivity index (χ2v) is 9.51. The van der Waals surface area contributed by atoms with Crippen molar-refractivity contribution in [3.8, 4) is 17.0 Å². The molecule has 3 aromatic rings. The summed E-state index contributed by atoms with van der Waals surface area (Å²) in [4.78, 5) is 17.7. The van der Waals surface area contributed by atoms with Gasteiger partial charge in [-0.05, 0) is 68.7 Å². The molecule has 1 amide bonds. The first-order valence-corrected chi connectivity index (χ1v) is 11.5. The van der Waals surface area contributed by atoms with Crippen molar-refractivity contribution in [3.05, 3.63) is 60.2 Å². The van der Waals surface area contributed by atoms with Crippen LogP contribution in [0.5, 0.6) is 5.75 Å². The first-order valence-electron chi connectivity index (χ1n) is 11.5. The summed E-state index contributed by atoms with van der Waals surface area (Å²) in [5, 5.41) is 4.00. The first kappa shape index (κ1) is 22.9. The molecular weight excluding hydrogens is 414 g/mol. The lowest BCUT2D eigenvalue weighted by Gasteiger charge is -2.20. The van der Waals surface area contributed by atoms with Gasteiger partial charge in [0, 0.05) is 41.6 Å². The van der Waals surface area contributed by atoms with Crippen LogP contribution in [0.2, 0.25) is 0 Å². The molecule has 0 bridgehead atoms. The molecule has 0 fully saturated rings. The molecule has 33 heavy (non-hydrogen) atoms. The van der Waals surface area contributed by atoms with Crippen LogP contribution in [-0.2, 0) is 4.74 Å². The summed E-state index contributed by atoms with van der Waals surface area (Å²) >= 11 is 0. The van der Waals surface area contributed by atoms with Crippen molar-refractivity contribution in [2.45, 2.75) is 32.7 Å². The fraction of sp³-hybridized carbons (Fsp3) is 0.370. The van der Waals surface area contributed by atoms with Crippen molar-refractivity contribution in [1.29, 1.82) is 0 Å². The number of nitrogens with zero attached hydrogens (tertiary/aromatic N) is 1. The molecule has 2 heterocycles. The molecular formula is C27H33N3O3. The Hall–Kier alpha value is -3.25. The number of methoxy groups -OCH3 is 1. The Morgan fingerprint density at radius 1 is 1.15 bits per heavy atom. The van der Waals surface area contributed by atoms with E-state index >= 15 is 0 Å². The zero-order valence-electron chi connectivity index (χ0n) is 19.9. The van der Waals surface area contributed by atoms with E-state index in [2.05, 4.69) is 51.6 Å². The number of carbonyl (C=O) groups is 1. The Morgan fingerprint density at radius 2 is 1.97 bits per heavy atom. The maximum absolute atomic E-state index is 11.8. The zero-order valence-corrected chi connectivity index (χ0v) is 19.9. The maximum atomic E-state index is 11.8. The topological polar surface area (TPSA) is 66.6 Å². The number of rotatable bonds is 7. The Morgan fingerprint density at radius 3 is 2.76 bits per heavy atom. The molecule has 0 spiro atoms. The highest BCUT2D eigenvalue weighted by atomic mass is 16.5. The van der Waals surface area contributed by atoms with Crippen molar-refractivity contribution in [2.75, 3.05) is 33.4 Å². The fourth-order valence-corrected chi connectivity index (χ4v) is 4.13. The van der Waals surface area contributed by atoms with E-state index in [-0.39, 0.29) is 11.6 Å². The molecule has 0 aliphatic carbocycles. The van der Waals surface area contributed by atoms with E-state index in [9.17, 15) is 4.79 Å². The third-order valence-electron chi connectivity index (χ3n) is 5.71. The van der Waals surface area contributed by atoms with Crippen LogP contribution in [0.4, 0.5) is 4.79 Å². The number of hydrogen-bond acceptors (Lipinski definition) is 4. The lowest BCUT2D eigenvalue weighted by molar-refractivity contribution is 0.132. The molecule has 2 aromatic carbocycles. The van der Waals surface area contributed by atoms with Crippen LogP contribution in [0.3, 0.4) is 0 Å². The Balaban J connectivity index is 1.34. The summed E-state index contributed by atoms with van der Waals surface area (Å²) in [5.41, 5.74) is 5.53. The Bertz CT molecular complexity index is 1160. The van der Waals surface area contributed by atoms with Crippen LogP contribution in [0.1, 0.15) is 32.8 Å². The standard InChI is InChI=1S/C27H33N3O3/c1-27(2,3)29-26(31)33-15-7-13-30-14-12-20(18-30)19-10-11-23-21(16-19)17-24(28-23)22-8-5-6-9-25(22)32-4/h5-6,8-12,16-17,28H,7,13-15,18H2,1-4H3,(H,29,31). The molecule has 6 nitrogen and oxygen atoms in total. The molecule has 2 N–H and O–H groups in total. The third kappa shape index (κ3) is 5.76. The lowest BCUT2D eigenvalue weighted by atomic mass is 10.0. The quantitative estimate of drug-likeness (QED) is 0.472. The summed E-state index contributed by atoms with van der Waals surface area (Å²) < 4.78 is 10.8. The van der Waals surface area contributed by atoms with Crippen LogP contribution in [-0.4, -0.2) is 54.9 Å². The van der Waals surface area contributed by atoms with Gasteiger partial charge in [0.15, 0.2) is 0 Å². The molecule has 1 aliphatic rings. The van der Waals surface area contributed by atoms with Gasteiger partial charge < -0.3 is 19.8 Å². The molecule has 4 rings (SSSR count). The highest BCUT2D eigenvalue weighted by Gasteiger charge is 2.17. The van der Waals surface area contributed by atoms with Gasteiger partial charge in [-0.3, -0.25) is 4.90 Å². The van der Waals surface area contributed by atoms with E-state index in [1.165, 1.54) is 16.5 Å². The van der Waals surface area contributed by atoms with Crippen molar-refractivity contribution in [3.63, 3.8) is 0 Å². The van der Waals surface area contributed by atoms with Crippen LogP contribution in [0, 0.1) is 0 Å². The predicted molar refractivity (Wildman–Crippen MR) is 134 cm³/mol. The van der Waals surface area contributed by atoms with E-state index in [4.69, 9.17) is 9.47 Å². The number of para-hydroxylation sites is 1. The molecule has 0 saturated heterocycles. The lowest BCUT2D eigenvalue weighted by Crippen LogP contribution is -2.41. The minimum absolute atomic E-state index is 0.278. The second kappa shape index (κ2) is 9.71. The zero-order chi connectivity index (χ0) is 23.4. The number of carbonyl (C=O) groups excluding carboxylic acids is 1. The third-order valence-corrected chi connectivity index (χ3v) is 5.71. The SMILES string of the molecule is COc1ccccc1-c1cc2cc(C3=CCN(CCCOC(=O)NC(C)(C)C)C3)ccc2[nH]1. The van der Waals surface area contributed by atoms with Gasteiger partial charge in [0.2, 0.25) is 0 Å². The number of alkyl carbamates (subject to hydrolysis) is 1. The Labute approximate surface area is 195 Å². The van der Waals surface area contributed by atoms with E-state index in [0.29, 0.717) is 6.61 Å². The van der Waals surface area contributed by atoms with Crippen molar-refractivity contribution < 1.29 is 14.3 Å². The van der Waals surface area contributed by atoms with Gasteiger partial charge in [-0.2, -0.15) is 0 Å². The van der Waals surface area contributed by atoms with E-state index in [1.54, 1.807) is 7.11 Å². The number of aromatic amines is 1. The smallest absolute Gasteiger partial charge is 0.407 e. The molecule has 0 atom stereocenters. The molecule has 174 valence electrons. The van der Waals surface area contributed by atoms with Crippen LogP contribution >= 0.6 is 0 Å². The Kier molecular flexibility index (Phi) is 6.75. The average Bonchev–Trinajstić information content (AvgIpc) is 3.42. The largest absolute Gasteiger partial charge is 0.496 e. The monoisotopic (exact) mass is 447 g/mol. The van der Waals surface area contributed by atoms with Crippen LogP contribution in [0.15, 0.2) is 54.6 Å². The maximum Gasteiger partial charge on any atom is 0.407 e. The van der Waals surface area contributed by atoms with Crippen molar-refractivity contribution in [1.82, 2.24) is 15.2 Å². The number of nitrogens with one attached hydrogen (secondary N) is 2. The highest BCUT2D eigenvalue weighted by molar-refractivity contribution is 5.90. The fourth-order valence-electron chi connectivity index (χ4n) is 4.13. The van der Waals surface area contributed by atoms with Gasteiger partial charge in [0.05, 0.1) is 19.4 Å². The van der Waals surface area contributed by atoms with E-state index in [0.717, 1.165) is 48.6 Å². The number of benzene rings is 2. The number of hydrogen-bond donors (Lipinski definition) is 2. The number of ether oxygens (including phenoxy) is 2. The molecule has 0 saturated carbocycles. The van der Waals surface area contributed by atoms with Crippen molar-refractivity contribution in [2.24, 2.45) is 0 Å². The van der Waals surface area contributed by atoms with Gasteiger partial charge in [-0.15, -0.1) is 0 Å². The normalized spacial score (nSPS) is 14.4. The molecule has 0 radical (unpaired) electrons. The summed E-state index contributed by atoms with van der Waals surface area (Å²) in [7, 11) is 1.70. The second-order valence-electron chi connectivity index (χ2n) is 9.51. The number of amides is 1. The number of aromatic nitrogens is 1. The number of H-pyrrole nitrogens is 1. The number of fused-ring (bicyclic) bond motifs is 1. The van der Waals surface area contributed by atoms with Crippen LogP contribution in [0.25, 0.3) is 27.7 Å². The summed E-state index contributed by atoms with van der Waals surface area (Å²) in [6, 6.07) is 16.8. The summed E-state index contributed by atoms with van der Waals surface area (Å²) in [6.45, 7) is 8.97. The minimum Gasteiger partial charge on any atom is -0.496 e. The summed E-state index contributed by atoms with van der Waals surface area (Å²) in [6.07, 6.45) is 2.76.